The second-order valence-corrected chi connectivity index (χ2v) is 12.5. The SMILES string of the molecule is CCCCOC(=O)NS(=O)(=O)c1ccccc1-c1ccc(CC(C)C(=O)NC2(C(=O)O)CCCN2C(=O)c2cccnc2)cc1. The number of nitrogens with one attached hydrogen (secondary N) is 2. The van der Waals surface area contributed by atoms with E-state index in [0.717, 1.165) is 12.0 Å². The topological polar surface area (TPSA) is 172 Å². The summed E-state index contributed by atoms with van der Waals surface area (Å²) in [6.07, 6.45) is 3.94. The van der Waals surface area contributed by atoms with Gasteiger partial charge in [0.25, 0.3) is 15.9 Å². The van der Waals surface area contributed by atoms with E-state index in [9.17, 15) is 32.7 Å². The highest BCUT2D eigenvalue weighted by Crippen LogP contribution is 2.31. The van der Waals surface area contributed by atoms with Gasteiger partial charge in [0.1, 0.15) is 0 Å². The molecule has 1 aromatic heterocycles. The van der Waals surface area contributed by atoms with Crippen LogP contribution in [0.5, 0.6) is 0 Å². The molecule has 238 valence electrons. The molecule has 1 saturated heterocycles. The van der Waals surface area contributed by atoms with Crippen molar-refractivity contribution in [1.82, 2.24) is 19.9 Å². The molecule has 0 saturated carbocycles. The van der Waals surface area contributed by atoms with E-state index in [1.54, 1.807) is 61.5 Å². The van der Waals surface area contributed by atoms with Crippen molar-refractivity contribution in [3.05, 3.63) is 84.2 Å². The summed E-state index contributed by atoms with van der Waals surface area (Å²) in [4.78, 5) is 56.0. The first-order valence-corrected chi connectivity index (χ1v) is 16.1. The van der Waals surface area contributed by atoms with Gasteiger partial charge in [-0.25, -0.2) is 22.7 Å². The minimum absolute atomic E-state index is 0.0646. The largest absolute Gasteiger partial charge is 0.478 e. The summed E-state index contributed by atoms with van der Waals surface area (Å²) in [5, 5.41) is 12.8. The number of rotatable bonds is 12. The van der Waals surface area contributed by atoms with Crippen molar-refractivity contribution in [3.8, 4) is 11.1 Å². The Hall–Kier alpha value is -4.78. The number of pyridine rings is 1. The number of hydrogen-bond acceptors (Lipinski definition) is 8. The van der Waals surface area contributed by atoms with E-state index in [2.05, 4.69) is 10.3 Å². The van der Waals surface area contributed by atoms with Gasteiger partial charge in [0.05, 0.1) is 17.1 Å². The van der Waals surface area contributed by atoms with Crippen molar-refractivity contribution in [2.24, 2.45) is 5.92 Å². The molecular weight excluding hydrogens is 600 g/mol. The predicted molar refractivity (Wildman–Crippen MR) is 164 cm³/mol. The van der Waals surface area contributed by atoms with Gasteiger partial charge in [-0.1, -0.05) is 62.7 Å². The first kappa shape index (κ1) is 33.1. The van der Waals surface area contributed by atoms with E-state index in [0.29, 0.717) is 24.0 Å². The number of sulfonamides is 1. The van der Waals surface area contributed by atoms with Gasteiger partial charge < -0.3 is 20.1 Å². The Bertz CT molecular complexity index is 1650. The molecule has 2 unspecified atom stereocenters. The summed E-state index contributed by atoms with van der Waals surface area (Å²) in [5.41, 5.74) is 0.0273. The molecule has 0 bridgehead atoms. The maximum Gasteiger partial charge on any atom is 0.421 e. The van der Waals surface area contributed by atoms with E-state index >= 15 is 0 Å². The van der Waals surface area contributed by atoms with E-state index in [-0.39, 0.29) is 36.5 Å². The normalized spacial score (nSPS) is 16.9. The number of unbranched alkanes of at least 4 members (excludes halogenated alkanes) is 1. The number of nitrogens with zero attached hydrogens (tertiary/aromatic N) is 2. The minimum Gasteiger partial charge on any atom is -0.478 e. The van der Waals surface area contributed by atoms with Gasteiger partial charge in [0.15, 0.2) is 0 Å². The lowest BCUT2D eigenvalue weighted by atomic mass is 9.96. The molecule has 12 nitrogen and oxygen atoms in total. The van der Waals surface area contributed by atoms with Crippen molar-refractivity contribution in [2.75, 3.05) is 13.2 Å². The van der Waals surface area contributed by atoms with Crippen molar-refractivity contribution < 1.29 is 37.4 Å². The zero-order valence-electron chi connectivity index (χ0n) is 25.1. The van der Waals surface area contributed by atoms with E-state index in [4.69, 9.17) is 4.74 Å². The average molecular weight is 637 g/mol. The van der Waals surface area contributed by atoms with Crippen LogP contribution in [0.3, 0.4) is 0 Å². The van der Waals surface area contributed by atoms with Crippen molar-refractivity contribution >= 4 is 33.9 Å². The van der Waals surface area contributed by atoms with E-state index in [1.165, 1.54) is 23.4 Å². The Kier molecular flexibility index (Phi) is 10.6. The minimum atomic E-state index is -4.23. The third kappa shape index (κ3) is 7.66. The Labute approximate surface area is 261 Å². The summed E-state index contributed by atoms with van der Waals surface area (Å²) in [7, 11) is -4.23. The lowest BCUT2D eigenvalue weighted by molar-refractivity contribution is -0.154. The lowest BCUT2D eigenvalue weighted by Crippen LogP contribution is -2.64. The number of ether oxygens (including phenoxy) is 1. The highest BCUT2D eigenvalue weighted by atomic mass is 32.2. The van der Waals surface area contributed by atoms with Gasteiger partial charge in [-0.15, -0.1) is 0 Å². The predicted octanol–water partition coefficient (Wildman–Crippen LogP) is 3.98. The fourth-order valence-corrected chi connectivity index (χ4v) is 6.30. The molecule has 0 radical (unpaired) electrons. The smallest absolute Gasteiger partial charge is 0.421 e. The number of benzene rings is 2. The quantitative estimate of drug-likeness (QED) is 0.249. The van der Waals surface area contributed by atoms with Crippen molar-refractivity contribution in [3.63, 3.8) is 0 Å². The summed E-state index contributed by atoms with van der Waals surface area (Å²) in [6, 6.07) is 16.3. The molecule has 1 aliphatic rings. The van der Waals surface area contributed by atoms with Crippen molar-refractivity contribution in [1.29, 1.82) is 0 Å². The molecule has 1 fully saturated rings. The third-order valence-electron chi connectivity index (χ3n) is 7.60. The fourth-order valence-electron chi connectivity index (χ4n) is 5.18. The third-order valence-corrected chi connectivity index (χ3v) is 8.97. The van der Waals surface area contributed by atoms with Crippen LogP contribution in [0.2, 0.25) is 0 Å². The highest BCUT2D eigenvalue weighted by molar-refractivity contribution is 7.90. The molecule has 4 rings (SSSR count). The molecular formula is C32H36N4O8S. The van der Waals surface area contributed by atoms with Crippen LogP contribution in [-0.2, 0) is 30.8 Å². The van der Waals surface area contributed by atoms with Gasteiger partial charge in [0.2, 0.25) is 11.6 Å². The molecule has 2 heterocycles. The van der Waals surface area contributed by atoms with Crippen LogP contribution in [0.4, 0.5) is 4.79 Å². The number of aromatic nitrogens is 1. The summed E-state index contributed by atoms with van der Waals surface area (Å²) >= 11 is 0. The van der Waals surface area contributed by atoms with Crippen LogP contribution >= 0.6 is 0 Å². The molecule has 45 heavy (non-hydrogen) atoms. The van der Waals surface area contributed by atoms with Crippen LogP contribution in [0, 0.1) is 5.92 Å². The number of carboxylic acid groups (broad SMARTS) is 1. The van der Waals surface area contributed by atoms with E-state index in [1.807, 2.05) is 11.6 Å². The molecule has 3 amide bonds. The molecule has 1 aliphatic heterocycles. The molecule has 2 aromatic carbocycles. The monoisotopic (exact) mass is 636 g/mol. The Balaban J connectivity index is 1.46. The fraction of sp³-hybridized carbons (Fsp3) is 0.344. The Morgan fingerprint density at radius 2 is 1.80 bits per heavy atom. The first-order chi connectivity index (χ1) is 21.5. The number of aliphatic carboxylic acids is 1. The number of likely N-dealkylation sites (tertiary alicyclic amines) is 1. The molecule has 0 spiro atoms. The van der Waals surface area contributed by atoms with Crippen LogP contribution < -0.4 is 10.0 Å². The van der Waals surface area contributed by atoms with Crippen LogP contribution in [0.1, 0.15) is 55.5 Å². The molecule has 13 heteroatoms. The van der Waals surface area contributed by atoms with Gasteiger partial charge >= 0.3 is 12.1 Å². The zero-order chi connectivity index (χ0) is 32.6. The van der Waals surface area contributed by atoms with Crippen LogP contribution in [-0.4, -0.2) is 66.1 Å². The molecule has 0 aliphatic carbocycles. The van der Waals surface area contributed by atoms with E-state index < -0.39 is 45.5 Å². The second kappa shape index (κ2) is 14.3. The van der Waals surface area contributed by atoms with Crippen LogP contribution in [0.15, 0.2) is 78.0 Å². The highest BCUT2D eigenvalue weighted by Gasteiger charge is 2.52. The summed E-state index contributed by atoms with van der Waals surface area (Å²) in [5.74, 6) is -3.03. The summed E-state index contributed by atoms with van der Waals surface area (Å²) < 4.78 is 32.9. The average Bonchev–Trinajstić information content (AvgIpc) is 3.46. The lowest BCUT2D eigenvalue weighted by Gasteiger charge is -2.36. The van der Waals surface area contributed by atoms with Gasteiger partial charge in [-0.3, -0.25) is 14.6 Å². The summed E-state index contributed by atoms with van der Waals surface area (Å²) in [6.45, 7) is 3.86. The first-order valence-electron chi connectivity index (χ1n) is 14.6. The number of hydrogen-bond donors (Lipinski definition) is 3. The number of carbonyl (C=O) groups excluding carboxylic acids is 3. The Morgan fingerprint density at radius 3 is 2.47 bits per heavy atom. The van der Waals surface area contributed by atoms with Gasteiger partial charge in [-0.2, -0.15) is 0 Å². The number of carbonyl (C=O) groups is 4. The van der Waals surface area contributed by atoms with Crippen molar-refractivity contribution in [2.45, 2.75) is 56.5 Å². The van der Waals surface area contributed by atoms with Gasteiger partial charge in [0, 0.05) is 36.8 Å². The zero-order valence-corrected chi connectivity index (χ0v) is 25.9. The molecule has 3 aromatic rings. The molecule has 3 N–H and O–H groups in total. The van der Waals surface area contributed by atoms with Gasteiger partial charge in [-0.05, 0) is 48.6 Å². The number of amides is 3. The second-order valence-electron chi connectivity index (χ2n) is 10.8. The Morgan fingerprint density at radius 1 is 1.07 bits per heavy atom. The van der Waals surface area contributed by atoms with Crippen LogP contribution in [0.25, 0.3) is 11.1 Å². The standard InChI is InChI=1S/C32H36N4O8S/c1-3-4-19-44-31(41)35-45(42,43)27-11-6-5-10-26(27)24-14-12-23(13-15-24)20-22(2)28(37)34-32(30(39)40)16-8-18-36(32)29(38)25-9-7-17-33-21-25/h5-7,9-15,17,21-22H,3-4,8,16,18-20H2,1-2H3,(H,34,37)(H,35,41)(H,39,40). The maximum absolute atomic E-state index is 13.3. The molecule has 2 atom stereocenters. The number of carboxylic acids is 1. The maximum atomic E-state index is 13.3.